The van der Waals surface area contributed by atoms with Gasteiger partial charge in [0.1, 0.15) is 24.4 Å². The van der Waals surface area contributed by atoms with Crippen LogP contribution in [-0.4, -0.2) is 63.6 Å². The van der Waals surface area contributed by atoms with Crippen molar-refractivity contribution in [1.82, 2.24) is 5.48 Å². The highest BCUT2D eigenvalue weighted by atomic mass is 16.7. The van der Waals surface area contributed by atoms with Crippen LogP contribution in [0.25, 0.3) is 0 Å². The average Bonchev–Trinajstić information content (AvgIpc) is 2.51. The molecule has 8 heteroatoms. The van der Waals surface area contributed by atoms with Crippen LogP contribution < -0.4 is 5.48 Å². The van der Waals surface area contributed by atoms with Gasteiger partial charge >= 0.3 is 5.97 Å². The molecule has 0 radical (unpaired) electrons. The van der Waals surface area contributed by atoms with E-state index in [2.05, 4.69) is 5.48 Å². The van der Waals surface area contributed by atoms with Crippen LogP contribution in [0.5, 0.6) is 0 Å². The Labute approximate surface area is 126 Å². The highest BCUT2D eigenvalue weighted by Crippen LogP contribution is 2.19. The summed E-state index contributed by atoms with van der Waals surface area (Å²) in [6.07, 6.45) is -5.53. The number of ether oxygens (including phenoxy) is 1. The molecule has 0 amide bonds. The molecule has 1 heterocycles. The maximum Gasteiger partial charge on any atom is 0.329 e. The number of hydrogen-bond acceptors (Lipinski definition) is 8. The van der Waals surface area contributed by atoms with Crippen molar-refractivity contribution in [2.45, 2.75) is 37.1 Å². The second kappa shape index (κ2) is 7.63. The number of aliphatic hydroxyl groups is 4. The topological polar surface area (TPSA) is 128 Å². The fourth-order valence-electron chi connectivity index (χ4n) is 2.16. The minimum absolute atomic E-state index is 0.00935. The molecule has 8 nitrogen and oxygen atoms in total. The van der Waals surface area contributed by atoms with Crippen molar-refractivity contribution < 1.29 is 34.8 Å². The number of carbonyl (C=O) groups is 1. The summed E-state index contributed by atoms with van der Waals surface area (Å²) in [4.78, 5) is 16.5. The molecule has 0 aliphatic carbocycles. The molecule has 0 aromatic heterocycles. The predicted octanol–water partition coefficient (Wildman–Crippen LogP) is -1.92. The van der Waals surface area contributed by atoms with Crippen molar-refractivity contribution in [1.29, 1.82) is 0 Å². The molecule has 1 aliphatic rings. The highest BCUT2D eigenvalue weighted by molar-refractivity contribution is 5.72. The highest BCUT2D eigenvalue weighted by Gasteiger charge is 2.44. The first-order valence-electron chi connectivity index (χ1n) is 6.82. The Kier molecular flexibility index (Phi) is 5.83. The Bertz CT molecular complexity index is 483. The Morgan fingerprint density at radius 3 is 2.50 bits per heavy atom. The molecule has 1 unspecified atom stereocenters. The molecule has 22 heavy (non-hydrogen) atoms. The van der Waals surface area contributed by atoms with Gasteiger partial charge in [-0.05, 0) is 5.56 Å². The van der Waals surface area contributed by atoms with Gasteiger partial charge in [-0.1, -0.05) is 30.3 Å². The van der Waals surface area contributed by atoms with Gasteiger partial charge in [0, 0.05) is 0 Å². The zero-order valence-corrected chi connectivity index (χ0v) is 11.7. The second-order valence-electron chi connectivity index (χ2n) is 5.01. The van der Waals surface area contributed by atoms with Gasteiger partial charge in [0.25, 0.3) is 0 Å². The summed E-state index contributed by atoms with van der Waals surface area (Å²) in [5, 5.41) is 38.2. The SMILES string of the molecule is O=C(Cc1ccccc1)ON[C@H]1C(O)O[C@H](CO)[C@@H](O)[C@@H]1O. The standard InChI is InChI=1S/C14H19NO7/c16-7-9-12(18)13(19)11(14(20)21-9)15-22-10(17)6-8-4-2-1-3-5-8/h1-5,9,11-16,18-20H,6-7H2/t9-,11-,12-,13-,14?/m1/s1. The van der Waals surface area contributed by atoms with Gasteiger partial charge in [-0.25, -0.2) is 0 Å². The van der Waals surface area contributed by atoms with E-state index in [9.17, 15) is 20.1 Å². The molecular weight excluding hydrogens is 294 g/mol. The summed E-state index contributed by atoms with van der Waals surface area (Å²) in [5.41, 5.74) is 2.95. The number of rotatable bonds is 5. The van der Waals surface area contributed by atoms with E-state index >= 15 is 0 Å². The smallest absolute Gasteiger partial charge is 0.329 e. The average molecular weight is 313 g/mol. The summed E-state index contributed by atoms with van der Waals surface area (Å²) in [6.45, 7) is -0.560. The minimum Gasteiger partial charge on any atom is -0.394 e. The van der Waals surface area contributed by atoms with Gasteiger partial charge in [0.05, 0.1) is 13.0 Å². The molecule has 1 aromatic carbocycles. The van der Waals surface area contributed by atoms with E-state index in [-0.39, 0.29) is 6.42 Å². The van der Waals surface area contributed by atoms with Gasteiger partial charge in [-0.3, -0.25) is 4.79 Å². The quantitative estimate of drug-likeness (QED) is 0.398. The van der Waals surface area contributed by atoms with Crippen molar-refractivity contribution in [3.63, 3.8) is 0 Å². The molecular formula is C14H19NO7. The lowest BCUT2D eigenvalue weighted by Gasteiger charge is -2.39. The zero-order valence-electron chi connectivity index (χ0n) is 11.7. The van der Waals surface area contributed by atoms with Crippen LogP contribution in [0.15, 0.2) is 30.3 Å². The molecule has 0 saturated carbocycles. The molecule has 0 bridgehead atoms. The first kappa shape index (κ1) is 16.8. The van der Waals surface area contributed by atoms with E-state index in [1.165, 1.54) is 0 Å². The summed E-state index contributed by atoms with van der Waals surface area (Å²) < 4.78 is 4.92. The maximum absolute atomic E-state index is 11.7. The van der Waals surface area contributed by atoms with E-state index in [4.69, 9.17) is 14.7 Å². The molecule has 2 rings (SSSR count). The first-order chi connectivity index (χ1) is 10.5. The van der Waals surface area contributed by atoms with Crippen molar-refractivity contribution in [2.75, 3.05) is 6.61 Å². The Morgan fingerprint density at radius 1 is 1.18 bits per heavy atom. The minimum atomic E-state index is -1.54. The molecule has 0 spiro atoms. The predicted molar refractivity (Wildman–Crippen MR) is 73.1 cm³/mol. The van der Waals surface area contributed by atoms with Gasteiger partial charge < -0.3 is 30.0 Å². The van der Waals surface area contributed by atoms with Crippen molar-refractivity contribution in [3.05, 3.63) is 35.9 Å². The van der Waals surface area contributed by atoms with E-state index in [0.29, 0.717) is 0 Å². The number of hydroxylamine groups is 1. The Balaban J connectivity index is 1.86. The molecule has 5 atom stereocenters. The zero-order chi connectivity index (χ0) is 16.1. The third kappa shape index (κ3) is 4.01. The van der Waals surface area contributed by atoms with Gasteiger partial charge in [-0.2, -0.15) is 0 Å². The van der Waals surface area contributed by atoms with Crippen LogP contribution in [-0.2, 0) is 20.8 Å². The number of carbonyl (C=O) groups excluding carboxylic acids is 1. The largest absolute Gasteiger partial charge is 0.394 e. The third-order valence-corrected chi connectivity index (χ3v) is 3.40. The van der Waals surface area contributed by atoms with Gasteiger partial charge in [0.15, 0.2) is 6.29 Å². The fraction of sp³-hybridized carbons (Fsp3) is 0.500. The van der Waals surface area contributed by atoms with Crippen LogP contribution in [0, 0.1) is 0 Å². The molecule has 1 aromatic rings. The Morgan fingerprint density at radius 2 is 1.86 bits per heavy atom. The van der Waals surface area contributed by atoms with Gasteiger partial charge in [-0.15, -0.1) is 5.48 Å². The maximum atomic E-state index is 11.7. The number of nitrogens with one attached hydrogen (secondary N) is 1. The first-order valence-corrected chi connectivity index (χ1v) is 6.82. The Hall–Kier alpha value is -1.55. The number of aliphatic hydroxyl groups excluding tert-OH is 4. The second-order valence-corrected chi connectivity index (χ2v) is 5.01. The summed E-state index contributed by atoms with van der Waals surface area (Å²) in [7, 11) is 0. The molecule has 5 N–H and O–H groups in total. The van der Waals surface area contributed by atoms with E-state index in [1.54, 1.807) is 24.3 Å². The normalized spacial score (nSPS) is 31.7. The van der Waals surface area contributed by atoms with Crippen LogP contribution >= 0.6 is 0 Å². The van der Waals surface area contributed by atoms with E-state index < -0.39 is 43.2 Å². The lowest BCUT2D eigenvalue weighted by Crippen LogP contribution is -2.63. The molecule has 122 valence electrons. The van der Waals surface area contributed by atoms with Crippen LogP contribution in [0.4, 0.5) is 0 Å². The van der Waals surface area contributed by atoms with E-state index in [1.807, 2.05) is 6.07 Å². The lowest BCUT2D eigenvalue weighted by atomic mass is 9.98. The molecule has 1 fully saturated rings. The van der Waals surface area contributed by atoms with Crippen LogP contribution in [0.1, 0.15) is 5.56 Å². The van der Waals surface area contributed by atoms with Crippen molar-refractivity contribution >= 4 is 5.97 Å². The summed E-state index contributed by atoms with van der Waals surface area (Å²) in [5.74, 6) is -0.621. The van der Waals surface area contributed by atoms with Crippen molar-refractivity contribution in [3.8, 4) is 0 Å². The van der Waals surface area contributed by atoms with E-state index in [0.717, 1.165) is 5.56 Å². The number of benzene rings is 1. The summed E-state index contributed by atoms with van der Waals surface area (Å²) in [6, 6.07) is 7.66. The third-order valence-electron chi connectivity index (χ3n) is 3.40. The van der Waals surface area contributed by atoms with Crippen molar-refractivity contribution in [2.24, 2.45) is 0 Å². The fourth-order valence-corrected chi connectivity index (χ4v) is 2.16. The lowest BCUT2D eigenvalue weighted by molar-refractivity contribution is -0.267. The summed E-state index contributed by atoms with van der Waals surface area (Å²) >= 11 is 0. The molecule has 1 aliphatic heterocycles. The van der Waals surface area contributed by atoms with Crippen LogP contribution in [0.3, 0.4) is 0 Å². The number of hydrogen-bond donors (Lipinski definition) is 5. The van der Waals surface area contributed by atoms with Gasteiger partial charge in [0.2, 0.25) is 0 Å². The molecule has 1 saturated heterocycles. The van der Waals surface area contributed by atoms with Crippen LogP contribution in [0.2, 0.25) is 0 Å². The monoisotopic (exact) mass is 313 g/mol.